The van der Waals surface area contributed by atoms with Gasteiger partial charge in [-0.05, 0) is 68.7 Å². The number of amides is 1. The first-order chi connectivity index (χ1) is 12.1. The highest BCUT2D eigenvalue weighted by Crippen LogP contribution is 2.31. The zero-order valence-electron chi connectivity index (χ0n) is 14.8. The van der Waals surface area contributed by atoms with Crippen LogP contribution in [0.2, 0.25) is 0 Å². The predicted molar refractivity (Wildman–Crippen MR) is 102 cm³/mol. The largest absolute Gasteiger partial charge is 0.497 e. The number of anilines is 3. The Bertz CT molecular complexity index is 743. The van der Waals surface area contributed by atoms with E-state index in [1.807, 2.05) is 18.2 Å². The molecule has 1 unspecified atom stereocenters. The second-order valence-electron chi connectivity index (χ2n) is 6.49. The van der Waals surface area contributed by atoms with Crippen LogP contribution >= 0.6 is 0 Å². The number of nitrogens with one attached hydrogen (secondary N) is 1. The number of hydrogen-bond acceptors (Lipinski definition) is 4. The van der Waals surface area contributed by atoms with Crippen LogP contribution in [0.1, 0.15) is 36.5 Å². The zero-order valence-corrected chi connectivity index (χ0v) is 14.8. The van der Waals surface area contributed by atoms with Crippen molar-refractivity contribution < 1.29 is 9.53 Å². The number of nitrogens with zero attached hydrogens (tertiary/aromatic N) is 1. The minimum atomic E-state index is -0.166. The van der Waals surface area contributed by atoms with Gasteiger partial charge in [-0.2, -0.15) is 0 Å². The first-order valence-electron chi connectivity index (χ1n) is 8.70. The van der Waals surface area contributed by atoms with Gasteiger partial charge in [0.1, 0.15) is 5.75 Å². The molecule has 1 aliphatic heterocycles. The minimum absolute atomic E-state index is 0.166. The molecule has 1 amide bonds. The molecule has 0 bridgehead atoms. The van der Waals surface area contributed by atoms with Gasteiger partial charge in [0.05, 0.1) is 18.5 Å². The number of carbonyl (C=O) groups excluding carboxylic acids is 1. The van der Waals surface area contributed by atoms with Gasteiger partial charge in [0.15, 0.2) is 0 Å². The average molecular weight is 339 g/mol. The normalized spacial score (nSPS) is 17.2. The van der Waals surface area contributed by atoms with Crippen LogP contribution in [-0.4, -0.2) is 25.6 Å². The Morgan fingerprint density at radius 2 is 1.96 bits per heavy atom. The first-order valence-corrected chi connectivity index (χ1v) is 8.70. The first kappa shape index (κ1) is 17.1. The molecule has 2 aromatic carbocycles. The van der Waals surface area contributed by atoms with Gasteiger partial charge in [-0.15, -0.1) is 0 Å². The Balaban J connectivity index is 1.72. The summed E-state index contributed by atoms with van der Waals surface area (Å²) >= 11 is 0. The lowest BCUT2D eigenvalue weighted by Gasteiger charge is -2.36. The molecule has 1 heterocycles. The summed E-state index contributed by atoms with van der Waals surface area (Å²) in [6.07, 6.45) is 3.66. The molecule has 3 N–H and O–H groups in total. The molecule has 1 saturated heterocycles. The van der Waals surface area contributed by atoms with Gasteiger partial charge in [-0.25, -0.2) is 0 Å². The van der Waals surface area contributed by atoms with Crippen molar-refractivity contribution in [2.45, 2.75) is 32.2 Å². The van der Waals surface area contributed by atoms with Gasteiger partial charge >= 0.3 is 0 Å². The van der Waals surface area contributed by atoms with Crippen molar-refractivity contribution in [2.75, 3.05) is 29.6 Å². The van der Waals surface area contributed by atoms with Crippen molar-refractivity contribution in [3.8, 4) is 5.75 Å². The number of ether oxygens (including phenoxy) is 1. The Labute approximate surface area is 148 Å². The summed E-state index contributed by atoms with van der Waals surface area (Å²) in [5, 5.41) is 2.90. The third-order valence-electron chi connectivity index (χ3n) is 4.75. The maximum atomic E-state index is 12.4. The van der Waals surface area contributed by atoms with Crippen LogP contribution in [0.4, 0.5) is 17.1 Å². The van der Waals surface area contributed by atoms with E-state index in [-0.39, 0.29) is 5.91 Å². The van der Waals surface area contributed by atoms with Gasteiger partial charge in [0.25, 0.3) is 5.91 Å². The minimum Gasteiger partial charge on any atom is -0.497 e. The maximum Gasteiger partial charge on any atom is 0.255 e. The molecule has 0 aliphatic carbocycles. The Hall–Kier alpha value is -2.69. The van der Waals surface area contributed by atoms with Crippen molar-refractivity contribution in [1.29, 1.82) is 0 Å². The van der Waals surface area contributed by atoms with Gasteiger partial charge in [0, 0.05) is 23.8 Å². The van der Waals surface area contributed by atoms with E-state index in [4.69, 9.17) is 10.5 Å². The summed E-state index contributed by atoms with van der Waals surface area (Å²) in [7, 11) is 1.60. The molecule has 0 saturated carbocycles. The van der Waals surface area contributed by atoms with Crippen LogP contribution in [-0.2, 0) is 0 Å². The Morgan fingerprint density at radius 3 is 2.60 bits per heavy atom. The second-order valence-corrected chi connectivity index (χ2v) is 6.49. The smallest absolute Gasteiger partial charge is 0.255 e. The lowest BCUT2D eigenvalue weighted by Crippen LogP contribution is -2.37. The highest BCUT2D eigenvalue weighted by molar-refractivity contribution is 6.04. The summed E-state index contributed by atoms with van der Waals surface area (Å²) in [5.41, 5.74) is 9.28. The quantitative estimate of drug-likeness (QED) is 0.829. The van der Waals surface area contributed by atoms with E-state index in [0.29, 0.717) is 23.0 Å². The molecule has 1 atom stereocenters. The SMILES string of the molecule is COc1ccc(C(=O)Nc2ccc(N3CCCCC3C)c(N)c2)cc1. The molecular weight excluding hydrogens is 314 g/mol. The topological polar surface area (TPSA) is 67.6 Å². The number of nitrogen functional groups attached to an aromatic ring is 1. The third-order valence-corrected chi connectivity index (χ3v) is 4.75. The molecule has 5 nitrogen and oxygen atoms in total. The van der Waals surface area contributed by atoms with Crippen molar-refractivity contribution in [3.05, 3.63) is 48.0 Å². The Kier molecular flexibility index (Phi) is 5.12. The highest BCUT2D eigenvalue weighted by Gasteiger charge is 2.20. The number of benzene rings is 2. The number of carbonyl (C=O) groups is 1. The molecule has 3 rings (SSSR count). The van der Waals surface area contributed by atoms with E-state index in [2.05, 4.69) is 17.1 Å². The van der Waals surface area contributed by atoms with Crippen molar-refractivity contribution in [1.82, 2.24) is 0 Å². The second kappa shape index (κ2) is 7.47. The van der Waals surface area contributed by atoms with E-state index < -0.39 is 0 Å². The summed E-state index contributed by atoms with van der Waals surface area (Å²) in [5.74, 6) is 0.557. The van der Waals surface area contributed by atoms with Crippen LogP contribution in [0, 0.1) is 0 Å². The van der Waals surface area contributed by atoms with Gasteiger partial charge < -0.3 is 20.7 Å². The van der Waals surface area contributed by atoms with E-state index >= 15 is 0 Å². The fraction of sp³-hybridized carbons (Fsp3) is 0.350. The van der Waals surface area contributed by atoms with Crippen LogP contribution in [0.5, 0.6) is 5.75 Å². The van der Waals surface area contributed by atoms with E-state index in [1.54, 1.807) is 31.4 Å². The van der Waals surface area contributed by atoms with Crippen LogP contribution < -0.4 is 20.7 Å². The van der Waals surface area contributed by atoms with Crippen LogP contribution in [0.15, 0.2) is 42.5 Å². The molecule has 1 aliphatic rings. The summed E-state index contributed by atoms with van der Waals surface area (Å²) in [6, 6.07) is 13.3. The molecule has 1 fully saturated rings. The van der Waals surface area contributed by atoms with Gasteiger partial charge in [-0.1, -0.05) is 0 Å². The molecule has 25 heavy (non-hydrogen) atoms. The lowest BCUT2D eigenvalue weighted by atomic mass is 10.0. The van der Waals surface area contributed by atoms with Gasteiger partial charge in [0.2, 0.25) is 0 Å². The van der Waals surface area contributed by atoms with Crippen molar-refractivity contribution in [3.63, 3.8) is 0 Å². The molecule has 132 valence electrons. The third kappa shape index (κ3) is 3.87. The molecule has 0 spiro atoms. The molecular formula is C20H25N3O2. The van der Waals surface area contributed by atoms with Crippen molar-refractivity contribution in [2.24, 2.45) is 0 Å². The van der Waals surface area contributed by atoms with Crippen LogP contribution in [0.25, 0.3) is 0 Å². The fourth-order valence-electron chi connectivity index (χ4n) is 3.30. The summed E-state index contributed by atoms with van der Waals surface area (Å²) in [4.78, 5) is 14.7. The zero-order chi connectivity index (χ0) is 17.8. The number of rotatable bonds is 4. The lowest BCUT2D eigenvalue weighted by molar-refractivity contribution is 0.102. The number of nitrogens with two attached hydrogens (primary N) is 1. The van der Waals surface area contributed by atoms with Gasteiger partial charge in [-0.3, -0.25) is 4.79 Å². The molecule has 5 heteroatoms. The monoisotopic (exact) mass is 339 g/mol. The number of methoxy groups -OCH3 is 1. The summed E-state index contributed by atoms with van der Waals surface area (Å²) in [6.45, 7) is 3.26. The summed E-state index contributed by atoms with van der Waals surface area (Å²) < 4.78 is 5.11. The van der Waals surface area contributed by atoms with E-state index in [9.17, 15) is 4.79 Å². The molecule has 0 aromatic heterocycles. The highest BCUT2D eigenvalue weighted by atomic mass is 16.5. The predicted octanol–water partition coefficient (Wildman–Crippen LogP) is 3.91. The standard InChI is InChI=1S/C20H25N3O2/c1-14-5-3-4-12-23(14)19-11-8-16(13-18(19)21)22-20(24)15-6-9-17(25-2)10-7-15/h6-11,13-14H,3-5,12,21H2,1-2H3,(H,22,24). The van der Waals surface area contributed by atoms with E-state index in [0.717, 1.165) is 18.0 Å². The van der Waals surface area contributed by atoms with Crippen LogP contribution in [0.3, 0.4) is 0 Å². The average Bonchev–Trinajstić information content (AvgIpc) is 2.63. The Morgan fingerprint density at radius 1 is 1.20 bits per heavy atom. The molecule has 0 radical (unpaired) electrons. The number of piperidine rings is 1. The number of hydrogen-bond donors (Lipinski definition) is 2. The molecule has 2 aromatic rings. The fourth-order valence-corrected chi connectivity index (χ4v) is 3.30. The van der Waals surface area contributed by atoms with Crippen molar-refractivity contribution >= 4 is 23.0 Å². The van der Waals surface area contributed by atoms with E-state index in [1.165, 1.54) is 19.3 Å². The maximum absolute atomic E-state index is 12.4.